The number of nitrogens with two attached hydrogens (primary N) is 1. The molecule has 1 amide bonds. The minimum absolute atomic E-state index is 0.0982. The van der Waals surface area contributed by atoms with Gasteiger partial charge in [-0.2, -0.15) is 0 Å². The molecule has 0 bridgehead atoms. The van der Waals surface area contributed by atoms with Crippen molar-refractivity contribution in [3.05, 3.63) is 0 Å². The first-order chi connectivity index (χ1) is 6.69. The zero-order valence-electron chi connectivity index (χ0n) is 8.15. The molecule has 0 spiro atoms. The van der Waals surface area contributed by atoms with Gasteiger partial charge >= 0.3 is 0 Å². The van der Waals surface area contributed by atoms with Gasteiger partial charge in [-0.05, 0) is 6.42 Å². The van der Waals surface area contributed by atoms with Gasteiger partial charge in [-0.25, -0.2) is 0 Å². The quantitative estimate of drug-likeness (QED) is 0.579. The van der Waals surface area contributed by atoms with Crippen LogP contribution in [-0.4, -0.2) is 41.7 Å². The first-order valence-corrected chi connectivity index (χ1v) is 4.77. The van der Waals surface area contributed by atoms with Crippen LogP contribution in [0.4, 0.5) is 0 Å². The van der Waals surface area contributed by atoms with E-state index < -0.39 is 6.04 Å². The van der Waals surface area contributed by atoms with E-state index in [-0.39, 0.29) is 24.9 Å². The summed E-state index contributed by atoms with van der Waals surface area (Å²) in [6, 6.07) is -0.586. The fraction of sp³-hybridized carbons (Fsp3) is 0.700. The van der Waals surface area contributed by atoms with Gasteiger partial charge in [0.1, 0.15) is 0 Å². The fourth-order valence-electron chi connectivity index (χ4n) is 1.63. The Kier molecular flexibility index (Phi) is 3.93. The van der Waals surface area contributed by atoms with Crippen molar-refractivity contribution in [3.8, 4) is 12.3 Å². The summed E-state index contributed by atoms with van der Waals surface area (Å²) in [7, 11) is 0. The first kappa shape index (κ1) is 11.0. The molecular weight excluding hydrogens is 180 g/mol. The van der Waals surface area contributed by atoms with Crippen molar-refractivity contribution >= 4 is 5.91 Å². The molecule has 2 unspecified atom stereocenters. The molecule has 0 radical (unpaired) electrons. The maximum Gasteiger partial charge on any atom is 0.240 e. The Morgan fingerprint density at radius 2 is 2.50 bits per heavy atom. The van der Waals surface area contributed by atoms with Gasteiger partial charge in [0.15, 0.2) is 0 Å². The first-order valence-electron chi connectivity index (χ1n) is 4.77. The molecule has 1 aliphatic heterocycles. The minimum atomic E-state index is -0.586. The molecule has 0 aliphatic carbocycles. The van der Waals surface area contributed by atoms with E-state index in [1.54, 1.807) is 4.90 Å². The number of rotatable bonds is 3. The standard InChI is InChI=1S/C10H16N2O2/c1-2-3-9(11)10(14)12-5-4-8(6-12)7-13/h1,8-9,13H,3-7,11H2. The Balaban J connectivity index is 2.43. The van der Waals surface area contributed by atoms with E-state index >= 15 is 0 Å². The van der Waals surface area contributed by atoms with Crippen molar-refractivity contribution in [3.63, 3.8) is 0 Å². The van der Waals surface area contributed by atoms with Crippen LogP contribution in [0, 0.1) is 18.3 Å². The van der Waals surface area contributed by atoms with Crippen molar-refractivity contribution in [2.45, 2.75) is 18.9 Å². The molecule has 14 heavy (non-hydrogen) atoms. The van der Waals surface area contributed by atoms with Crippen LogP contribution in [0.15, 0.2) is 0 Å². The predicted molar refractivity (Wildman–Crippen MR) is 53.2 cm³/mol. The topological polar surface area (TPSA) is 66.6 Å². The van der Waals surface area contributed by atoms with E-state index in [4.69, 9.17) is 17.3 Å². The van der Waals surface area contributed by atoms with Crippen LogP contribution in [0.1, 0.15) is 12.8 Å². The van der Waals surface area contributed by atoms with Gasteiger partial charge in [0.2, 0.25) is 5.91 Å². The average Bonchev–Trinajstić information content (AvgIpc) is 2.65. The number of aliphatic hydroxyl groups excluding tert-OH is 1. The Morgan fingerprint density at radius 3 is 3.00 bits per heavy atom. The molecule has 0 aromatic carbocycles. The van der Waals surface area contributed by atoms with Gasteiger partial charge < -0.3 is 15.7 Å². The zero-order chi connectivity index (χ0) is 10.6. The third-order valence-corrected chi connectivity index (χ3v) is 2.51. The predicted octanol–water partition coefficient (Wildman–Crippen LogP) is -0.822. The summed E-state index contributed by atoms with van der Waals surface area (Å²) in [5.41, 5.74) is 5.60. The van der Waals surface area contributed by atoms with Crippen LogP contribution in [0.2, 0.25) is 0 Å². The molecule has 78 valence electrons. The third-order valence-electron chi connectivity index (χ3n) is 2.51. The van der Waals surface area contributed by atoms with E-state index in [0.29, 0.717) is 13.1 Å². The summed E-state index contributed by atoms with van der Waals surface area (Å²) >= 11 is 0. The number of amides is 1. The summed E-state index contributed by atoms with van der Waals surface area (Å²) in [5, 5.41) is 8.91. The van der Waals surface area contributed by atoms with Crippen molar-refractivity contribution in [1.82, 2.24) is 4.90 Å². The van der Waals surface area contributed by atoms with Gasteiger partial charge in [0.05, 0.1) is 6.04 Å². The van der Waals surface area contributed by atoms with Crippen LogP contribution in [0.25, 0.3) is 0 Å². The Labute approximate surface area is 84.1 Å². The largest absolute Gasteiger partial charge is 0.396 e. The highest BCUT2D eigenvalue weighted by molar-refractivity contribution is 5.82. The van der Waals surface area contributed by atoms with Crippen LogP contribution in [0.5, 0.6) is 0 Å². The number of hydrogen-bond donors (Lipinski definition) is 2. The van der Waals surface area contributed by atoms with Crippen molar-refractivity contribution in [2.24, 2.45) is 11.7 Å². The molecule has 1 saturated heterocycles. The van der Waals surface area contributed by atoms with Gasteiger partial charge in [-0.3, -0.25) is 4.79 Å². The molecule has 1 fully saturated rings. The summed E-state index contributed by atoms with van der Waals surface area (Å²) in [5.74, 6) is 2.48. The smallest absolute Gasteiger partial charge is 0.240 e. The number of terminal acetylenes is 1. The molecule has 0 aromatic rings. The molecule has 2 atom stereocenters. The normalized spacial score (nSPS) is 23.2. The van der Waals surface area contributed by atoms with Crippen molar-refractivity contribution in [2.75, 3.05) is 19.7 Å². The number of likely N-dealkylation sites (tertiary alicyclic amines) is 1. The monoisotopic (exact) mass is 196 g/mol. The Bertz CT molecular complexity index is 247. The SMILES string of the molecule is C#CCC(N)C(=O)N1CCC(CO)C1. The Morgan fingerprint density at radius 1 is 1.79 bits per heavy atom. The molecule has 1 heterocycles. The lowest BCUT2D eigenvalue weighted by atomic mass is 10.1. The maximum atomic E-state index is 11.6. The summed E-state index contributed by atoms with van der Waals surface area (Å²) < 4.78 is 0. The second-order valence-electron chi connectivity index (χ2n) is 3.64. The third kappa shape index (κ3) is 2.47. The molecule has 3 N–H and O–H groups in total. The second kappa shape index (κ2) is 4.99. The highest BCUT2D eigenvalue weighted by Crippen LogP contribution is 2.16. The molecule has 4 nitrogen and oxygen atoms in total. The average molecular weight is 196 g/mol. The van der Waals surface area contributed by atoms with Gasteiger partial charge in [-0.1, -0.05) is 0 Å². The van der Waals surface area contributed by atoms with E-state index in [0.717, 1.165) is 6.42 Å². The van der Waals surface area contributed by atoms with E-state index in [1.807, 2.05) is 0 Å². The van der Waals surface area contributed by atoms with Crippen LogP contribution in [0.3, 0.4) is 0 Å². The number of carbonyl (C=O) groups is 1. The van der Waals surface area contributed by atoms with E-state index in [9.17, 15) is 4.79 Å². The van der Waals surface area contributed by atoms with Gasteiger partial charge in [0.25, 0.3) is 0 Å². The lowest BCUT2D eigenvalue weighted by Gasteiger charge is -2.19. The van der Waals surface area contributed by atoms with Gasteiger partial charge in [-0.15, -0.1) is 12.3 Å². The second-order valence-corrected chi connectivity index (χ2v) is 3.64. The molecular formula is C10H16N2O2. The van der Waals surface area contributed by atoms with Crippen LogP contribution < -0.4 is 5.73 Å². The number of aliphatic hydroxyl groups is 1. The maximum absolute atomic E-state index is 11.6. The minimum Gasteiger partial charge on any atom is -0.396 e. The van der Waals surface area contributed by atoms with Crippen molar-refractivity contribution in [1.29, 1.82) is 0 Å². The van der Waals surface area contributed by atoms with Gasteiger partial charge in [0, 0.05) is 32.0 Å². The molecule has 1 aliphatic rings. The van der Waals surface area contributed by atoms with E-state index in [1.165, 1.54) is 0 Å². The van der Waals surface area contributed by atoms with Crippen molar-refractivity contribution < 1.29 is 9.90 Å². The highest BCUT2D eigenvalue weighted by atomic mass is 16.3. The Hall–Kier alpha value is -1.05. The molecule has 1 rings (SSSR count). The summed E-state index contributed by atoms with van der Waals surface area (Å²) in [6.45, 7) is 1.42. The number of carbonyl (C=O) groups excluding carboxylic acids is 1. The molecule has 0 saturated carbocycles. The molecule has 0 aromatic heterocycles. The zero-order valence-corrected chi connectivity index (χ0v) is 8.15. The lowest BCUT2D eigenvalue weighted by Crippen LogP contribution is -2.42. The number of nitrogens with zero attached hydrogens (tertiary/aromatic N) is 1. The molecule has 4 heteroatoms. The highest BCUT2D eigenvalue weighted by Gasteiger charge is 2.28. The van der Waals surface area contributed by atoms with Crippen LogP contribution >= 0.6 is 0 Å². The number of hydrogen-bond acceptors (Lipinski definition) is 3. The van der Waals surface area contributed by atoms with E-state index in [2.05, 4.69) is 5.92 Å². The summed E-state index contributed by atoms with van der Waals surface area (Å²) in [4.78, 5) is 13.3. The fourth-order valence-corrected chi connectivity index (χ4v) is 1.63. The summed E-state index contributed by atoms with van der Waals surface area (Å²) in [6.07, 6.45) is 6.21. The lowest BCUT2D eigenvalue weighted by molar-refractivity contribution is -0.131. The van der Waals surface area contributed by atoms with Crippen LogP contribution in [-0.2, 0) is 4.79 Å².